The highest BCUT2D eigenvalue weighted by Crippen LogP contribution is 2.18. The zero-order valence-corrected chi connectivity index (χ0v) is 9.00. The standard InChI is InChI=1S/C11H12F2O3/c1-7-3-4-8(16-6-10(12)13)5-9(7)11(14)15-2/h3-5,10H,6H2,1-2H3. The average Bonchev–Trinajstić information content (AvgIpc) is 2.27. The molecule has 0 aliphatic carbocycles. The fraction of sp³-hybridized carbons (Fsp3) is 0.364. The van der Waals surface area contributed by atoms with Gasteiger partial charge in [0.2, 0.25) is 0 Å². The molecule has 0 aromatic heterocycles. The Labute approximate surface area is 92.0 Å². The van der Waals surface area contributed by atoms with Crippen LogP contribution in [0.15, 0.2) is 18.2 Å². The quantitative estimate of drug-likeness (QED) is 0.745. The van der Waals surface area contributed by atoms with Crippen LogP contribution < -0.4 is 4.74 Å². The van der Waals surface area contributed by atoms with Crippen LogP contribution in [0.2, 0.25) is 0 Å². The number of hydrogen-bond acceptors (Lipinski definition) is 3. The summed E-state index contributed by atoms with van der Waals surface area (Å²) < 4.78 is 33.2. The van der Waals surface area contributed by atoms with E-state index in [0.717, 1.165) is 0 Å². The summed E-state index contributed by atoms with van der Waals surface area (Å²) in [5.41, 5.74) is 1.02. The molecule has 0 aliphatic rings. The van der Waals surface area contributed by atoms with Gasteiger partial charge in [-0.25, -0.2) is 13.6 Å². The first kappa shape index (κ1) is 12.4. The summed E-state index contributed by atoms with van der Waals surface area (Å²) in [7, 11) is 1.26. The monoisotopic (exact) mass is 230 g/mol. The van der Waals surface area contributed by atoms with E-state index in [0.29, 0.717) is 11.1 Å². The molecule has 1 aromatic rings. The maximum absolute atomic E-state index is 11.9. The number of benzene rings is 1. The topological polar surface area (TPSA) is 35.5 Å². The molecule has 0 N–H and O–H groups in total. The summed E-state index contributed by atoms with van der Waals surface area (Å²) >= 11 is 0. The van der Waals surface area contributed by atoms with Gasteiger partial charge in [-0.3, -0.25) is 0 Å². The van der Waals surface area contributed by atoms with Crippen LogP contribution in [-0.4, -0.2) is 26.1 Å². The predicted octanol–water partition coefficient (Wildman–Crippen LogP) is 2.43. The number of halogens is 2. The summed E-state index contributed by atoms with van der Waals surface area (Å²) in [4.78, 5) is 11.3. The lowest BCUT2D eigenvalue weighted by Gasteiger charge is -2.08. The number of alkyl halides is 2. The average molecular weight is 230 g/mol. The molecule has 0 amide bonds. The smallest absolute Gasteiger partial charge is 0.338 e. The number of hydrogen-bond donors (Lipinski definition) is 0. The Kier molecular flexibility index (Phi) is 4.22. The van der Waals surface area contributed by atoms with Gasteiger partial charge in [-0.2, -0.15) is 0 Å². The van der Waals surface area contributed by atoms with Gasteiger partial charge in [-0.05, 0) is 24.6 Å². The Hall–Kier alpha value is -1.65. The van der Waals surface area contributed by atoms with E-state index in [4.69, 9.17) is 4.74 Å². The van der Waals surface area contributed by atoms with Crippen molar-refractivity contribution in [2.45, 2.75) is 13.3 Å². The number of ether oxygens (including phenoxy) is 2. The minimum absolute atomic E-state index is 0.228. The molecule has 0 saturated heterocycles. The maximum Gasteiger partial charge on any atom is 0.338 e. The highest BCUT2D eigenvalue weighted by Gasteiger charge is 2.11. The molecule has 0 aliphatic heterocycles. The van der Waals surface area contributed by atoms with E-state index in [1.807, 2.05) is 0 Å². The lowest BCUT2D eigenvalue weighted by Crippen LogP contribution is -2.09. The first-order chi connectivity index (χ1) is 7.54. The Morgan fingerprint density at radius 3 is 2.69 bits per heavy atom. The minimum Gasteiger partial charge on any atom is -0.488 e. The Morgan fingerprint density at radius 2 is 2.12 bits per heavy atom. The molecule has 0 unspecified atom stereocenters. The van der Waals surface area contributed by atoms with Crippen LogP contribution in [-0.2, 0) is 4.74 Å². The van der Waals surface area contributed by atoms with Gasteiger partial charge in [0, 0.05) is 0 Å². The Bertz CT molecular complexity index is 377. The second-order valence-electron chi connectivity index (χ2n) is 3.17. The molecule has 0 spiro atoms. The van der Waals surface area contributed by atoms with Crippen LogP contribution in [0.1, 0.15) is 15.9 Å². The van der Waals surface area contributed by atoms with Crippen molar-refractivity contribution >= 4 is 5.97 Å². The highest BCUT2D eigenvalue weighted by molar-refractivity contribution is 5.91. The number of carbonyl (C=O) groups excluding carboxylic acids is 1. The third kappa shape index (κ3) is 3.18. The van der Waals surface area contributed by atoms with Crippen molar-refractivity contribution in [1.29, 1.82) is 0 Å². The van der Waals surface area contributed by atoms with E-state index in [1.54, 1.807) is 13.0 Å². The van der Waals surface area contributed by atoms with Crippen molar-refractivity contribution in [2.24, 2.45) is 0 Å². The van der Waals surface area contributed by atoms with Crippen molar-refractivity contribution in [3.8, 4) is 5.75 Å². The summed E-state index contributed by atoms with van der Waals surface area (Å²) in [6.45, 7) is 1.03. The molecule has 0 atom stereocenters. The lowest BCUT2D eigenvalue weighted by atomic mass is 10.1. The van der Waals surface area contributed by atoms with Crippen LogP contribution in [0.3, 0.4) is 0 Å². The summed E-state index contributed by atoms with van der Waals surface area (Å²) in [5.74, 6) is -0.286. The van der Waals surface area contributed by atoms with E-state index >= 15 is 0 Å². The van der Waals surface area contributed by atoms with E-state index in [1.165, 1.54) is 19.2 Å². The first-order valence-electron chi connectivity index (χ1n) is 4.64. The molecule has 1 rings (SSSR count). The van der Waals surface area contributed by atoms with Crippen molar-refractivity contribution in [2.75, 3.05) is 13.7 Å². The molecule has 16 heavy (non-hydrogen) atoms. The van der Waals surface area contributed by atoms with Gasteiger partial charge in [0.15, 0.2) is 0 Å². The Balaban J connectivity index is 2.85. The van der Waals surface area contributed by atoms with Crippen LogP contribution >= 0.6 is 0 Å². The number of methoxy groups -OCH3 is 1. The minimum atomic E-state index is -2.54. The van der Waals surface area contributed by atoms with Crippen molar-refractivity contribution in [1.82, 2.24) is 0 Å². The van der Waals surface area contributed by atoms with Gasteiger partial charge < -0.3 is 9.47 Å². The predicted molar refractivity (Wildman–Crippen MR) is 54.0 cm³/mol. The van der Waals surface area contributed by atoms with Crippen LogP contribution in [0.4, 0.5) is 8.78 Å². The van der Waals surface area contributed by atoms with E-state index in [9.17, 15) is 13.6 Å². The molecule has 88 valence electrons. The maximum atomic E-state index is 11.9. The van der Waals surface area contributed by atoms with Gasteiger partial charge in [-0.1, -0.05) is 6.07 Å². The largest absolute Gasteiger partial charge is 0.488 e. The molecule has 0 bridgehead atoms. The zero-order chi connectivity index (χ0) is 12.1. The number of aryl methyl sites for hydroxylation is 1. The normalized spacial score (nSPS) is 10.3. The fourth-order valence-electron chi connectivity index (χ4n) is 1.18. The molecular weight excluding hydrogens is 218 g/mol. The van der Waals surface area contributed by atoms with Gasteiger partial charge in [0.1, 0.15) is 12.4 Å². The summed E-state index contributed by atoms with van der Waals surface area (Å²) in [5, 5.41) is 0. The highest BCUT2D eigenvalue weighted by atomic mass is 19.3. The number of rotatable bonds is 4. The molecule has 5 heteroatoms. The molecule has 1 aromatic carbocycles. The van der Waals surface area contributed by atoms with Crippen LogP contribution in [0.25, 0.3) is 0 Å². The lowest BCUT2D eigenvalue weighted by molar-refractivity contribution is 0.0598. The van der Waals surface area contributed by atoms with Gasteiger partial charge in [-0.15, -0.1) is 0 Å². The molecular formula is C11H12F2O3. The zero-order valence-electron chi connectivity index (χ0n) is 9.00. The fourth-order valence-corrected chi connectivity index (χ4v) is 1.18. The third-order valence-corrected chi connectivity index (χ3v) is 1.99. The molecule has 0 heterocycles. The van der Waals surface area contributed by atoms with Crippen LogP contribution in [0.5, 0.6) is 5.75 Å². The van der Waals surface area contributed by atoms with Crippen molar-refractivity contribution in [3.63, 3.8) is 0 Å². The Morgan fingerprint density at radius 1 is 1.44 bits per heavy atom. The van der Waals surface area contributed by atoms with Crippen molar-refractivity contribution < 1.29 is 23.0 Å². The van der Waals surface area contributed by atoms with Crippen molar-refractivity contribution in [3.05, 3.63) is 29.3 Å². The summed E-state index contributed by atoms with van der Waals surface area (Å²) in [6, 6.07) is 4.54. The molecule has 0 radical (unpaired) electrons. The van der Waals surface area contributed by atoms with Gasteiger partial charge in [0.05, 0.1) is 12.7 Å². The van der Waals surface area contributed by atoms with Crippen LogP contribution in [0, 0.1) is 6.92 Å². The third-order valence-electron chi connectivity index (χ3n) is 1.99. The molecule has 0 saturated carbocycles. The summed E-state index contributed by atoms with van der Waals surface area (Å²) in [6.07, 6.45) is -2.54. The second kappa shape index (κ2) is 5.44. The van der Waals surface area contributed by atoms with E-state index in [-0.39, 0.29) is 5.75 Å². The van der Waals surface area contributed by atoms with E-state index < -0.39 is 19.0 Å². The molecule has 3 nitrogen and oxygen atoms in total. The first-order valence-corrected chi connectivity index (χ1v) is 4.64. The SMILES string of the molecule is COC(=O)c1cc(OCC(F)F)ccc1C. The number of carbonyl (C=O) groups is 1. The number of esters is 1. The van der Waals surface area contributed by atoms with Gasteiger partial charge >= 0.3 is 5.97 Å². The van der Waals surface area contributed by atoms with E-state index in [2.05, 4.69) is 4.74 Å². The molecule has 0 fully saturated rings. The van der Waals surface area contributed by atoms with Gasteiger partial charge in [0.25, 0.3) is 6.43 Å². The second-order valence-corrected chi connectivity index (χ2v) is 3.17.